The maximum Gasteiger partial charge on any atom is 0.306 e. The molecule has 0 radical (unpaired) electrons. The van der Waals surface area contributed by atoms with Gasteiger partial charge in [0.05, 0.1) is 32.3 Å². The third-order valence-corrected chi connectivity index (χ3v) is 5.73. The summed E-state index contributed by atoms with van der Waals surface area (Å²) in [7, 11) is 2.83. The van der Waals surface area contributed by atoms with Gasteiger partial charge in [0.15, 0.2) is 5.76 Å². The third-order valence-electron chi connectivity index (χ3n) is 4.65. The number of para-hydroxylation sites is 1. The number of carbonyl (C=O) groups is 1. The maximum atomic E-state index is 12.4. The highest BCUT2D eigenvalue weighted by Crippen LogP contribution is 2.36. The Morgan fingerprint density at radius 1 is 1.10 bits per heavy atom. The molecule has 0 aliphatic carbocycles. The number of thioether (sulfide) groups is 1. The van der Waals surface area contributed by atoms with E-state index in [1.54, 1.807) is 19.2 Å². The lowest BCUT2D eigenvalue weighted by Crippen LogP contribution is -2.14. The van der Waals surface area contributed by atoms with Crippen LogP contribution in [-0.4, -0.2) is 30.4 Å². The van der Waals surface area contributed by atoms with Crippen molar-refractivity contribution in [2.24, 2.45) is 0 Å². The first-order valence-electron chi connectivity index (χ1n) is 9.40. The summed E-state index contributed by atoms with van der Waals surface area (Å²) < 4.78 is 16.0. The highest BCUT2D eigenvalue weighted by molar-refractivity contribution is 7.98. The van der Waals surface area contributed by atoms with Gasteiger partial charge in [0.1, 0.15) is 17.3 Å². The summed E-state index contributed by atoms with van der Waals surface area (Å²) in [6.45, 7) is 0. The zero-order chi connectivity index (χ0) is 22.4. The summed E-state index contributed by atoms with van der Waals surface area (Å²) in [6.07, 6.45) is -0.152. The second kappa shape index (κ2) is 10.1. The predicted octanol–water partition coefficient (Wildman–Crippen LogP) is 4.05. The van der Waals surface area contributed by atoms with Gasteiger partial charge in [-0.3, -0.25) is 9.59 Å². The highest BCUT2D eigenvalue weighted by Gasteiger charge is 2.26. The maximum absolute atomic E-state index is 12.4. The van der Waals surface area contributed by atoms with Crippen LogP contribution in [0, 0.1) is 0 Å². The molecule has 7 nitrogen and oxygen atoms in total. The number of hydrogen-bond donors (Lipinski definition) is 2. The van der Waals surface area contributed by atoms with E-state index >= 15 is 0 Å². The van der Waals surface area contributed by atoms with E-state index in [0.29, 0.717) is 22.8 Å². The van der Waals surface area contributed by atoms with Gasteiger partial charge in [-0.15, -0.1) is 11.8 Å². The Morgan fingerprint density at radius 2 is 1.81 bits per heavy atom. The summed E-state index contributed by atoms with van der Waals surface area (Å²) >= 11 is 1.41. The minimum Gasteiger partial charge on any atom is -0.508 e. The second-order valence-corrected chi connectivity index (χ2v) is 7.67. The average Bonchev–Trinajstić information content (AvgIpc) is 2.79. The first kappa shape index (κ1) is 22.3. The third kappa shape index (κ3) is 5.40. The number of phenols is 1. The van der Waals surface area contributed by atoms with Crippen molar-refractivity contribution in [3.63, 3.8) is 0 Å². The molecule has 1 unspecified atom stereocenters. The minimum atomic E-state index is -0.767. The van der Waals surface area contributed by atoms with Crippen molar-refractivity contribution in [1.29, 1.82) is 0 Å². The van der Waals surface area contributed by atoms with Crippen LogP contribution in [0.3, 0.4) is 0 Å². The standard InChI is InChI=1S/C23H22O7S/c1-28-19-5-3-4-6-20(19)31-13-16-11-18(25)22(27)23(30-16)17(12-21(26)29-2)14-7-9-15(24)10-8-14/h3-11,17,24,27H,12-13H2,1-2H3. The molecule has 162 valence electrons. The molecule has 0 fully saturated rings. The van der Waals surface area contributed by atoms with E-state index in [0.717, 1.165) is 4.90 Å². The Bertz CT molecular complexity index is 1110. The molecule has 3 aromatic rings. The Kier molecular flexibility index (Phi) is 7.25. The summed E-state index contributed by atoms with van der Waals surface area (Å²) in [6, 6.07) is 14.8. The Morgan fingerprint density at radius 3 is 2.48 bits per heavy atom. The topological polar surface area (TPSA) is 106 Å². The monoisotopic (exact) mass is 442 g/mol. The van der Waals surface area contributed by atoms with Crippen LogP contribution in [-0.2, 0) is 15.3 Å². The van der Waals surface area contributed by atoms with Crippen molar-refractivity contribution in [3.8, 4) is 17.2 Å². The lowest BCUT2D eigenvalue weighted by Gasteiger charge is -2.17. The fourth-order valence-corrected chi connectivity index (χ4v) is 3.98. The molecule has 2 aromatic carbocycles. The van der Waals surface area contributed by atoms with Gasteiger partial charge in [-0.1, -0.05) is 24.3 Å². The molecular weight excluding hydrogens is 420 g/mol. The molecule has 31 heavy (non-hydrogen) atoms. The van der Waals surface area contributed by atoms with Gasteiger partial charge in [-0.05, 0) is 29.8 Å². The lowest BCUT2D eigenvalue weighted by molar-refractivity contribution is -0.140. The molecule has 0 saturated heterocycles. The van der Waals surface area contributed by atoms with Crippen LogP contribution in [0.25, 0.3) is 0 Å². The van der Waals surface area contributed by atoms with Crippen LogP contribution < -0.4 is 10.2 Å². The number of aromatic hydroxyl groups is 2. The van der Waals surface area contributed by atoms with E-state index in [-0.39, 0.29) is 17.9 Å². The van der Waals surface area contributed by atoms with Gasteiger partial charge in [0.2, 0.25) is 11.2 Å². The van der Waals surface area contributed by atoms with Gasteiger partial charge >= 0.3 is 5.97 Å². The number of methoxy groups -OCH3 is 2. The molecule has 3 rings (SSSR count). The quantitative estimate of drug-likeness (QED) is 0.398. The number of rotatable bonds is 8. The van der Waals surface area contributed by atoms with Gasteiger partial charge in [0, 0.05) is 11.0 Å². The summed E-state index contributed by atoms with van der Waals surface area (Å²) in [5, 5.41) is 20.0. The molecule has 0 spiro atoms. The van der Waals surface area contributed by atoms with Crippen LogP contribution in [0.4, 0.5) is 0 Å². The zero-order valence-corrected chi connectivity index (χ0v) is 17.8. The van der Waals surface area contributed by atoms with Crippen LogP contribution in [0.15, 0.2) is 68.7 Å². The Balaban J connectivity index is 1.97. The fraction of sp³-hybridized carbons (Fsp3) is 0.217. The SMILES string of the molecule is COC(=O)CC(c1ccc(O)cc1)c1oc(CSc2ccccc2OC)cc(=O)c1O. The molecule has 0 amide bonds. The van der Waals surface area contributed by atoms with Crippen molar-refractivity contribution in [1.82, 2.24) is 0 Å². The van der Waals surface area contributed by atoms with E-state index < -0.39 is 23.1 Å². The van der Waals surface area contributed by atoms with Crippen molar-refractivity contribution in [2.75, 3.05) is 14.2 Å². The van der Waals surface area contributed by atoms with Gasteiger partial charge in [0.25, 0.3) is 0 Å². The number of benzene rings is 2. The summed E-state index contributed by atoms with van der Waals surface area (Å²) in [4.78, 5) is 25.3. The molecule has 0 bridgehead atoms. The molecule has 2 N–H and O–H groups in total. The van der Waals surface area contributed by atoms with Crippen LogP contribution in [0.5, 0.6) is 17.2 Å². The van der Waals surface area contributed by atoms with E-state index in [1.807, 2.05) is 24.3 Å². The van der Waals surface area contributed by atoms with Crippen molar-refractivity contribution in [3.05, 3.63) is 81.9 Å². The number of esters is 1. The molecule has 0 aliphatic heterocycles. The normalized spacial score (nSPS) is 11.7. The molecular formula is C23H22O7S. The second-order valence-electron chi connectivity index (χ2n) is 6.65. The number of ether oxygens (including phenoxy) is 2. The molecule has 0 aliphatic rings. The fourth-order valence-electron chi connectivity index (χ4n) is 3.07. The van der Waals surface area contributed by atoms with Crippen molar-refractivity contribution < 1.29 is 28.9 Å². The van der Waals surface area contributed by atoms with E-state index in [2.05, 4.69) is 0 Å². The first-order chi connectivity index (χ1) is 14.9. The van der Waals surface area contributed by atoms with Crippen LogP contribution in [0.2, 0.25) is 0 Å². The Hall–Kier alpha value is -3.39. The van der Waals surface area contributed by atoms with Gasteiger partial charge < -0.3 is 24.1 Å². The summed E-state index contributed by atoms with van der Waals surface area (Å²) in [5.41, 5.74) is -0.0262. The smallest absolute Gasteiger partial charge is 0.306 e. The number of hydrogen-bond acceptors (Lipinski definition) is 8. The van der Waals surface area contributed by atoms with E-state index in [4.69, 9.17) is 13.9 Å². The van der Waals surface area contributed by atoms with Crippen molar-refractivity contribution in [2.45, 2.75) is 23.0 Å². The minimum absolute atomic E-state index is 0.0285. The average molecular weight is 442 g/mol. The lowest BCUT2D eigenvalue weighted by atomic mass is 9.92. The molecule has 0 saturated carbocycles. The van der Waals surface area contributed by atoms with E-state index in [9.17, 15) is 19.8 Å². The zero-order valence-electron chi connectivity index (χ0n) is 17.0. The Labute approximate surface area is 183 Å². The van der Waals surface area contributed by atoms with Gasteiger partial charge in [-0.25, -0.2) is 0 Å². The largest absolute Gasteiger partial charge is 0.508 e. The highest BCUT2D eigenvalue weighted by atomic mass is 32.2. The number of carbonyl (C=O) groups excluding carboxylic acids is 1. The van der Waals surface area contributed by atoms with Gasteiger partial charge in [-0.2, -0.15) is 0 Å². The van der Waals surface area contributed by atoms with Crippen molar-refractivity contribution >= 4 is 17.7 Å². The molecule has 1 aromatic heterocycles. The molecule has 1 atom stereocenters. The number of phenolic OH excluding ortho intramolecular Hbond substituents is 1. The predicted molar refractivity (Wildman–Crippen MR) is 116 cm³/mol. The van der Waals surface area contributed by atoms with Crippen LogP contribution >= 0.6 is 11.8 Å². The summed E-state index contributed by atoms with van der Waals surface area (Å²) in [5.74, 6) is -0.501. The van der Waals surface area contributed by atoms with Crippen LogP contribution in [0.1, 0.15) is 29.4 Å². The molecule has 1 heterocycles. The van der Waals surface area contributed by atoms with E-state index in [1.165, 1.54) is 37.1 Å². The molecule has 8 heteroatoms. The first-order valence-corrected chi connectivity index (χ1v) is 10.4.